The van der Waals surface area contributed by atoms with Gasteiger partial charge < -0.3 is 10.1 Å². The van der Waals surface area contributed by atoms with Gasteiger partial charge in [-0.25, -0.2) is 0 Å². The Bertz CT molecular complexity index is 108. The van der Waals surface area contributed by atoms with Gasteiger partial charge in [-0.1, -0.05) is 20.3 Å². The van der Waals surface area contributed by atoms with Crippen LogP contribution in [0.3, 0.4) is 0 Å². The highest BCUT2D eigenvalue weighted by atomic mass is 16.5. The summed E-state index contributed by atoms with van der Waals surface area (Å²) in [7, 11) is 0. The average molecular weight is 171 g/mol. The molecule has 12 heavy (non-hydrogen) atoms. The van der Waals surface area contributed by atoms with Crippen molar-refractivity contribution in [2.45, 2.75) is 51.7 Å². The molecule has 0 amide bonds. The number of nitrogens with one attached hydrogen (secondary N) is 1. The molecule has 1 aliphatic rings. The van der Waals surface area contributed by atoms with Gasteiger partial charge in [-0.3, -0.25) is 0 Å². The molecule has 0 aromatic rings. The molecule has 0 spiro atoms. The molecule has 0 saturated heterocycles. The smallest absolute Gasteiger partial charge is 0.0604 e. The van der Waals surface area contributed by atoms with Crippen molar-refractivity contribution < 1.29 is 4.74 Å². The zero-order valence-corrected chi connectivity index (χ0v) is 8.31. The normalized spacial score (nSPS) is 28.5. The summed E-state index contributed by atoms with van der Waals surface area (Å²) in [6, 6.07) is 0.738. The second-order valence-electron chi connectivity index (χ2n) is 3.57. The summed E-state index contributed by atoms with van der Waals surface area (Å²) in [5.74, 6) is 0. The van der Waals surface area contributed by atoms with Crippen LogP contribution in [0.25, 0.3) is 0 Å². The Morgan fingerprint density at radius 3 is 2.67 bits per heavy atom. The molecule has 0 unspecified atom stereocenters. The van der Waals surface area contributed by atoms with E-state index in [-0.39, 0.29) is 0 Å². The van der Waals surface area contributed by atoms with Gasteiger partial charge in [0, 0.05) is 12.6 Å². The first-order valence-corrected chi connectivity index (χ1v) is 5.21. The lowest BCUT2D eigenvalue weighted by atomic mass is 9.89. The van der Waals surface area contributed by atoms with E-state index in [9.17, 15) is 0 Å². The molecule has 0 aliphatic heterocycles. The van der Waals surface area contributed by atoms with E-state index in [1.54, 1.807) is 0 Å². The number of hydrogen-bond acceptors (Lipinski definition) is 2. The molecule has 0 aromatic carbocycles. The molecule has 0 atom stereocenters. The first-order chi connectivity index (χ1) is 5.86. The topological polar surface area (TPSA) is 21.3 Å². The van der Waals surface area contributed by atoms with Gasteiger partial charge in [0.25, 0.3) is 0 Å². The molecule has 2 nitrogen and oxygen atoms in total. The molecule has 72 valence electrons. The fourth-order valence-electron chi connectivity index (χ4n) is 1.55. The van der Waals surface area contributed by atoms with E-state index in [1.165, 1.54) is 25.7 Å². The Labute approximate surface area is 75.7 Å². The summed E-state index contributed by atoms with van der Waals surface area (Å²) >= 11 is 0. The maximum atomic E-state index is 5.65. The minimum absolute atomic E-state index is 0.556. The summed E-state index contributed by atoms with van der Waals surface area (Å²) < 4.78 is 5.65. The molecule has 0 heterocycles. The standard InChI is InChI=1S/C10H21NO/c1-3-5-6-12-10-7-9(8-10)11-4-2/h9-11H,3-8H2,1-2H3/t9-,10-. The Hall–Kier alpha value is -0.0800. The van der Waals surface area contributed by atoms with Crippen LogP contribution in [0.1, 0.15) is 39.5 Å². The van der Waals surface area contributed by atoms with Gasteiger partial charge in [0.05, 0.1) is 6.10 Å². The van der Waals surface area contributed by atoms with Gasteiger partial charge in [-0.05, 0) is 25.8 Å². The molecule has 0 bridgehead atoms. The summed E-state index contributed by atoms with van der Waals surface area (Å²) in [6.45, 7) is 6.41. The van der Waals surface area contributed by atoms with E-state index >= 15 is 0 Å². The number of ether oxygens (including phenoxy) is 1. The van der Waals surface area contributed by atoms with Crippen molar-refractivity contribution in [1.29, 1.82) is 0 Å². The number of rotatable bonds is 6. The SMILES string of the molecule is CCCCO[C@H]1C[C@H](NCC)C1. The quantitative estimate of drug-likeness (QED) is 0.617. The fourth-order valence-corrected chi connectivity index (χ4v) is 1.55. The van der Waals surface area contributed by atoms with Crippen LogP contribution >= 0.6 is 0 Å². The van der Waals surface area contributed by atoms with Crippen LogP contribution in [-0.2, 0) is 4.74 Å². The molecule has 1 rings (SSSR count). The second kappa shape index (κ2) is 5.55. The van der Waals surface area contributed by atoms with E-state index in [2.05, 4.69) is 19.2 Å². The highest BCUT2D eigenvalue weighted by molar-refractivity contribution is 4.85. The Morgan fingerprint density at radius 2 is 2.08 bits per heavy atom. The van der Waals surface area contributed by atoms with Crippen molar-refractivity contribution in [2.24, 2.45) is 0 Å². The van der Waals surface area contributed by atoms with Crippen LogP contribution in [-0.4, -0.2) is 25.3 Å². The van der Waals surface area contributed by atoms with E-state index in [1.807, 2.05) is 0 Å². The third kappa shape index (κ3) is 3.11. The Kier molecular flexibility index (Phi) is 4.62. The molecule has 1 fully saturated rings. The van der Waals surface area contributed by atoms with Gasteiger partial charge >= 0.3 is 0 Å². The zero-order chi connectivity index (χ0) is 8.81. The third-order valence-corrected chi connectivity index (χ3v) is 2.44. The maximum absolute atomic E-state index is 5.65. The van der Waals surface area contributed by atoms with Crippen molar-refractivity contribution in [3.05, 3.63) is 0 Å². The van der Waals surface area contributed by atoms with Gasteiger partial charge in [0.15, 0.2) is 0 Å². The summed E-state index contributed by atoms with van der Waals surface area (Å²) in [6.07, 6.45) is 5.45. The summed E-state index contributed by atoms with van der Waals surface area (Å²) in [5.41, 5.74) is 0. The molecule has 1 saturated carbocycles. The third-order valence-electron chi connectivity index (χ3n) is 2.44. The molecule has 2 heteroatoms. The van der Waals surface area contributed by atoms with Crippen molar-refractivity contribution in [2.75, 3.05) is 13.2 Å². The van der Waals surface area contributed by atoms with Crippen molar-refractivity contribution >= 4 is 0 Å². The van der Waals surface area contributed by atoms with Crippen molar-refractivity contribution in [3.63, 3.8) is 0 Å². The fraction of sp³-hybridized carbons (Fsp3) is 1.00. The highest BCUT2D eigenvalue weighted by Gasteiger charge is 2.28. The lowest BCUT2D eigenvalue weighted by molar-refractivity contribution is -0.0170. The van der Waals surface area contributed by atoms with Crippen LogP contribution in [0.2, 0.25) is 0 Å². The van der Waals surface area contributed by atoms with Gasteiger partial charge in [-0.15, -0.1) is 0 Å². The molecular weight excluding hydrogens is 150 g/mol. The second-order valence-corrected chi connectivity index (χ2v) is 3.57. The van der Waals surface area contributed by atoms with Crippen LogP contribution in [0.15, 0.2) is 0 Å². The monoisotopic (exact) mass is 171 g/mol. The van der Waals surface area contributed by atoms with E-state index in [0.717, 1.165) is 19.2 Å². The van der Waals surface area contributed by atoms with E-state index in [4.69, 9.17) is 4.74 Å². The lowest BCUT2D eigenvalue weighted by Gasteiger charge is -2.35. The average Bonchev–Trinajstić information content (AvgIpc) is 2.00. The molecule has 0 radical (unpaired) electrons. The van der Waals surface area contributed by atoms with Gasteiger partial charge in [-0.2, -0.15) is 0 Å². The molecule has 1 aliphatic carbocycles. The predicted octanol–water partition coefficient (Wildman–Crippen LogP) is 1.94. The predicted molar refractivity (Wildman–Crippen MR) is 51.3 cm³/mol. The maximum Gasteiger partial charge on any atom is 0.0604 e. The van der Waals surface area contributed by atoms with Crippen molar-refractivity contribution in [3.8, 4) is 0 Å². The summed E-state index contributed by atoms with van der Waals surface area (Å²) in [5, 5.41) is 3.42. The van der Waals surface area contributed by atoms with Crippen LogP contribution in [0.4, 0.5) is 0 Å². The van der Waals surface area contributed by atoms with E-state index < -0.39 is 0 Å². The minimum atomic E-state index is 0.556. The Balaban J connectivity index is 1.88. The van der Waals surface area contributed by atoms with Gasteiger partial charge in [0.1, 0.15) is 0 Å². The first kappa shape index (κ1) is 10.0. The van der Waals surface area contributed by atoms with Crippen LogP contribution < -0.4 is 5.32 Å². The lowest BCUT2D eigenvalue weighted by Crippen LogP contribution is -2.45. The molecular formula is C10H21NO. The first-order valence-electron chi connectivity index (χ1n) is 5.21. The summed E-state index contributed by atoms with van der Waals surface area (Å²) in [4.78, 5) is 0. The molecule has 1 N–H and O–H groups in total. The highest BCUT2D eigenvalue weighted by Crippen LogP contribution is 2.23. The minimum Gasteiger partial charge on any atom is -0.378 e. The van der Waals surface area contributed by atoms with Gasteiger partial charge in [0.2, 0.25) is 0 Å². The largest absolute Gasteiger partial charge is 0.378 e. The van der Waals surface area contributed by atoms with Crippen LogP contribution in [0.5, 0.6) is 0 Å². The van der Waals surface area contributed by atoms with Crippen LogP contribution in [0, 0.1) is 0 Å². The van der Waals surface area contributed by atoms with Crippen molar-refractivity contribution in [1.82, 2.24) is 5.32 Å². The number of unbranched alkanes of at least 4 members (excludes halogenated alkanes) is 1. The van der Waals surface area contributed by atoms with E-state index in [0.29, 0.717) is 6.10 Å². The molecule has 0 aromatic heterocycles. The zero-order valence-electron chi connectivity index (χ0n) is 8.31. The Morgan fingerprint density at radius 1 is 1.33 bits per heavy atom. The number of hydrogen-bond donors (Lipinski definition) is 1.